The number of carbonyl (C=O) groups is 1. The van der Waals surface area contributed by atoms with Crippen LogP contribution in [0.25, 0.3) is 0 Å². The summed E-state index contributed by atoms with van der Waals surface area (Å²) >= 11 is 0. The van der Waals surface area contributed by atoms with Crippen LogP contribution in [0.5, 0.6) is 5.75 Å². The molecule has 0 bridgehead atoms. The molecule has 0 aliphatic carbocycles. The standard InChI is InChI=1S/C23H24N2O3/c1-16(2)18-9-7-17(8-10-18)14-25-15-19(11-12-22(25)26)23(27)24-20-5-4-6-21(13-20)28-3/h4-13,15-16H,14H2,1-3H3,(H,24,27). The van der Waals surface area contributed by atoms with Gasteiger partial charge in [0.25, 0.3) is 11.5 Å². The maximum absolute atomic E-state index is 12.6. The van der Waals surface area contributed by atoms with E-state index in [1.807, 2.05) is 12.1 Å². The Hall–Kier alpha value is -3.34. The van der Waals surface area contributed by atoms with Gasteiger partial charge in [-0.15, -0.1) is 0 Å². The van der Waals surface area contributed by atoms with Crippen LogP contribution in [0.2, 0.25) is 0 Å². The SMILES string of the molecule is COc1cccc(NC(=O)c2ccc(=O)n(Cc3ccc(C(C)C)cc3)c2)c1. The maximum Gasteiger partial charge on any atom is 0.257 e. The van der Waals surface area contributed by atoms with E-state index in [2.05, 4.69) is 31.3 Å². The molecule has 1 amide bonds. The molecule has 0 radical (unpaired) electrons. The number of ether oxygens (including phenoxy) is 1. The van der Waals surface area contributed by atoms with E-state index in [0.29, 0.717) is 29.5 Å². The minimum absolute atomic E-state index is 0.147. The van der Waals surface area contributed by atoms with Gasteiger partial charge in [0.05, 0.1) is 19.2 Å². The van der Waals surface area contributed by atoms with Crippen LogP contribution in [0.4, 0.5) is 5.69 Å². The van der Waals surface area contributed by atoms with Gasteiger partial charge in [-0.3, -0.25) is 9.59 Å². The van der Waals surface area contributed by atoms with Crippen molar-refractivity contribution in [3.63, 3.8) is 0 Å². The van der Waals surface area contributed by atoms with Gasteiger partial charge in [0.1, 0.15) is 5.75 Å². The Kier molecular flexibility index (Phi) is 5.94. The van der Waals surface area contributed by atoms with E-state index in [-0.39, 0.29) is 11.5 Å². The Morgan fingerprint density at radius 1 is 1.07 bits per heavy atom. The number of methoxy groups -OCH3 is 1. The van der Waals surface area contributed by atoms with Crippen LogP contribution >= 0.6 is 0 Å². The van der Waals surface area contributed by atoms with Gasteiger partial charge in [0.15, 0.2) is 0 Å². The summed E-state index contributed by atoms with van der Waals surface area (Å²) in [5.41, 5.74) is 3.16. The lowest BCUT2D eigenvalue weighted by Gasteiger charge is -2.11. The number of aromatic nitrogens is 1. The molecule has 0 aliphatic heterocycles. The largest absolute Gasteiger partial charge is 0.497 e. The monoisotopic (exact) mass is 376 g/mol. The molecule has 0 fully saturated rings. The highest BCUT2D eigenvalue weighted by Crippen LogP contribution is 2.18. The van der Waals surface area contributed by atoms with Crippen LogP contribution in [0.1, 0.15) is 41.3 Å². The predicted octanol–water partition coefficient (Wildman–Crippen LogP) is 4.28. The average Bonchev–Trinajstić information content (AvgIpc) is 2.70. The fraction of sp³-hybridized carbons (Fsp3) is 0.217. The number of carbonyl (C=O) groups excluding carboxylic acids is 1. The summed E-state index contributed by atoms with van der Waals surface area (Å²) in [5, 5.41) is 2.83. The molecular weight excluding hydrogens is 352 g/mol. The summed E-state index contributed by atoms with van der Waals surface area (Å²) in [6.07, 6.45) is 1.59. The molecule has 1 heterocycles. The molecule has 0 saturated carbocycles. The van der Waals surface area contributed by atoms with Crippen molar-refractivity contribution in [2.24, 2.45) is 0 Å². The van der Waals surface area contributed by atoms with Gasteiger partial charge < -0.3 is 14.6 Å². The molecule has 1 N–H and O–H groups in total. The lowest BCUT2D eigenvalue weighted by atomic mass is 10.0. The van der Waals surface area contributed by atoms with Crippen molar-refractivity contribution in [1.29, 1.82) is 0 Å². The molecule has 0 aliphatic rings. The van der Waals surface area contributed by atoms with E-state index in [9.17, 15) is 9.59 Å². The zero-order valence-corrected chi connectivity index (χ0v) is 16.3. The van der Waals surface area contributed by atoms with E-state index in [1.165, 1.54) is 17.7 Å². The lowest BCUT2D eigenvalue weighted by molar-refractivity contribution is 0.102. The van der Waals surface area contributed by atoms with Crippen LogP contribution in [0.15, 0.2) is 71.7 Å². The summed E-state index contributed by atoms with van der Waals surface area (Å²) < 4.78 is 6.72. The fourth-order valence-electron chi connectivity index (χ4n) is 2.90. The second-order valence-electron chi connectivity index (χ2n) is 6.97. The summed E-state index contributed by atoms with van der Waals surface area (Å²) in [7, 11) is 1.57. The molecule has 144 valence electrons. The van der Waals surface area contributed by atoms with Crippen molar-refractivity contribution in [1.82, 2.24) is 4.57 Å². The second kappa shape index (κ2) is 8.57. The van der Waals surface area contributed by atoms with Crippen molar-refractivity contribution < 1.29 is 9.53 Å². The van der Waals surface area contributed by atoms with Gasteiger partial charge >= 0.3 is 0 Å². The quantitative estimate of drug-likeness (QED) is 0.698. The highest BCUT2D eigenvalue weighted by Gasteiger charge is 2.09. The number of pyridine rings is 1. The van der Waals surface area contributed by atoms with Crippen molar-refractivity contribution >= 4 is 11.6 Å². The lowest BCUT2D eigenvalue weighted by Crippen LogP contribution is -2.22. The Balaban J connectivity index is 1.78. The van der Waals surface area contributed by atoms with E-state index >= 15 is 0 Å². The molecule has 0 spiro atoms. The van der Waals surface area contributed by atoms with Gasteiger partial charge in [0, 0.05) is 24.0 Å². The molecule has 0 atom stereocenters. The van der Waals surface area contributed by atoms with Crippen LogP contribution in [0, 0.1) is 0 Å². The number of anilines is 1. The number of rotatable bonds is 6. The van der Waals surface area contributed by atoms with Crippen molar-refractivity contribution in [2.45, 2.75) is 26.3 Å². The Morgan fingerprint density at radius 3 is 2.50 bits per heavy atom. The smallest absolute Gasteiger partial charge is 0.257 e. The van der Waals surface area contributed by atoms with Gasteiger partial charge in [0.2, 0.25) is 0 Å². The number of hydrogen-bond acceptors (Lipinski definition) is 3. The normalized spacial score (nSPS) is 10.7. The van der Waals surface area contributed by atoms with Crippen LogP contribution in [0.3, 0.4) is 0 Å². The number of benzene rings is 2. The number of amides is 1. The zero-order valence-electron chi connectivity index (χ0n) is 16.3. The molecule has 3 rings (SSSR count). The molecule has 5 nitrogen and oxygen atoms in total. The topological polar surface area (TPSA) is 60.3 Å². The number of nitrogens with zero attached hydrogens (tertiary/aromatic N) is 1. The van der Waals surface area contributed by atoms with Gasteiger partial charge in [-0.1, -0.05) is 44.2 Å². The minimum Gasteiger partial charge on any atom is -0.497 e. The van der Waals surface area contributed by atoms with Gasteiger partial charge in [-0.2, -0.15) is 0 Å². The van der Waals surface area contributed by atoms with Crippen molar-refractivity contribution in [3.8, 4) is 5.75 Å². The molecule has 0 unspecified atom stereocenters. The fourth-order valence-corrected chi connectivity index (χ4v) is 2.90. The number of hydrogen-bond donors (Lipinski definition) is 1. The first kappa shape index (κ1) is 19.4. The first-order chi connectivity index (χ1) is 13.5. The molecule has 0 saturated heterocycles. The van der Waals surface area contributed by atoms with Crippen LogP contribution in [-0.2, 0) is 6.54 Å². The molecule has 1 aromatic heterocycles. The molecule has 2 aromatic carbocycles. The third kappa shape index (κ3) is 4.68. The zero-order chi connectivity index (χ0) is 20.1. The molecule has 5 heteroatoms. The van der Waals surface area contributed by atoms with E-state index in [1.54, 1.807) is 42.1 Å². The van der Waals surface area contributed by atoms with E-state index in [0.717, 1.165) is 5.56 Å². The Morgan fingerprint density at radius 2 is 1.82 bits per heavy atom. The van der Waals surface area contributed by atoms with Gasteiger partial charge in [-0.05, 0) is 35.2 Å². The third-order valence-electron chi connectivity index (χ3n) is 4.57. The first-order valence-electron chi connectivity index (χ1n) is 9.21. The summed E-state index contributed by atoms with van der Waals surface area (Å²) in [5.74, 6) is 0.838. The van der Waals surface area contributed by atoms with Crippen molar-refractivity contribution in [2.75, 3.05) is 12.4 Å². The summed E-state index contributed by atoms with van der Waals surface area (Å²) in [6.45, 7) is 4.70. The molecule has 28 heavy (non-hydrogen) atoms. The van der Waals surface area contributed by atoms with E-state index < -0.39 is 0 Å². The van der Waals surface area contributed by atoms with E-state index in [4.69, 9.17) is 4.74 Å². The Bertz CT molecular complexity index is 1020. The maximum atomic E-state index is 12.6. The van der Waals surface area contributed by atoms with Crippen LogP contribution < -0.4 is 15.6 Å². The second-order valence-corrected chi connectivity index (χ2v) is 6.97. The third-order valence-corrected chi connectivity index (χ3v) is 4.57. The molecule has 3 aromatic rings. The van der Waals surface area contributed by atoms with Gasteiger partial charge in [-0.25, -0.2) is 0 Å². The average molecular weight is 376 g/mol. The van der Waals surface area contributed by atoms with Crippen LogP contribution in [-0.4, -0.2) is 17.6 Å². The first-order valence-corrected chi connectivity index (χ1v) is 9.21. The molecular formula is C23H24N2O3. The summed E-state index contributed by atoms with van der Waals surface area (Å²) in [4.78, 5) is 24.8. The predicted molar refractivity (Wildman–Crippen MR) is 111 cm³/mol. The highest BCUT2D eigenvalue weighted by atomic mass is 16.5. The van der Waals surface area contributed by atoms with Crippen molar-refractivity contribution in [3.05, 3.63) is 93.9 Å². The minimum atomic E-state index is -0.280. The number of nitrogens with one attached hydrogen (secondary N) is 1. The highest BCUT2D eigenvalue weighted by molar-refractivity contribution is 6.04. The Labute approximate surface area is 164 Å². The summed E-state index contributed by atoms with van der Waals surface area (Å²) in [6, 6.07) is 18.3.